The van der Waals surface area contributed by atoms with E-state index in [-0.39, 0.29) is 24.2 Å². The Labute approximate surface area is 148 Å². The van der Waals surface area contributed by atoms with Crippen molar-refractivity contribution in [2.24, 2.45) is 5.73 Å². The Balaban J connectivity index is 0.00000288. The third-order valence-corrected chi connectivity index (χ3v) is 4.14. The van der Waals surface area contributed by atoms with Crippen LogP contribution < -0.4 is 16.5 Å². The van der Waals surface area contributed by atoms with Crippen molar-refractivity contribution in [3.8, 4) is 0 Å². The minimum Gasteiger partial charge on any atom is -0.327 e. The van der Waals surface area contributed by atoms with Crippen LogP contribution in [0.15, 0.2) is 24.3 Å². The third-order valence-electron chi connectivity index (χ3n) is 4.14. The van der Waals surface area contributed by atoms with E-state index in [1.165, 1.54) is 5.56 Å². The van der Waals surface area contributed by atoms with E-state index in [1.807, 2.05) is 24.3 Å². The number of carbonyl (C=O) groups is 2. The highest BCUT2D eigenvalue weighted by molar-refractivity contribution is 5.90. The largest absolute Gasteiger partial charge is 0.327 e. The first-order valence-electron chi connectivity index (χ1n) is 8.18. The number of amides is 2. The minimum absolute atomic E-state index is 0. The molecule has 134 valence electrons. The van der Waals surface area contributed by atoms with Crippen LogP contribution in [0.5, 0.6) is 0 Å². The van der Waals surface area contributed by atoms with Gasteiger partial charge in [0.2, 0.25) is 11.8 Å². The Kier molecular flexibility index (Phi) is 8.74. The first-order chi connectivity index (χ1) is 11.1. The normalized spacial score (nSPS) is 18.4. The summed E-state index contributed by atoms with van der Waals surface area (Å²) in [6.45, 7) is 0. The zero-order chi connectivity index (χ0) is 16.7. The number of halogens is 1. The molecule has 2 amide bonds. The van der Waals surface area contributed by atoms with Gasteiger partial charge in [-0.1, -0.05) is 25.0 Å². The van der Waals surface area contributed by atoms with Crippen molar-refractivity contribution in [2.45, 2.75) is 56.9 Å². The van der Waals surface area contributed by atoms with Crippen molar-refractivity contribution in [3.05, 3.63) is 29.8 Å². The van der Waals surface area contributed by atoms with Crippen LogP contribution in [0.2, 0.25) is 0 Å². The summed E-state index contributed by atoms with van der Waals surface area (Å²) in [4.78, 5) is 22.7. The summed E-state index contributed by atoms with van der Waals surface area (Å²) >= 11 is 0. The highest BCUT2D eigenvalue weighted by atomic mass is 35.5. The van der Waals surface area contributed by atoms with Gasteiger partial charge in [0.1, 0.15) is 0 Å². The lowest BCUT2D eigenvalue weighted by Crippen LogP contribution is -2.17. The van der Waals surface area contributed by atoms with Crippen molar-refractivity contribution >= 4 is 29.9 Å². The highest BCUT2D eigenvalue weighted by Gasteiger charge is 2.34. The van der Waals surface area contributed by atoms with Gasteiger partial charge in [-0.3, -0.25) is 14.8 Å². The molecule has 0 heterocycles. The lowest BCUT2D eigenvalue weighted by atomic mass is 10.1. The lowest BCUT2D eigenvalue weighted by molar-refractivity contribution is -0.129. The second-order valence-electron chi connectivity index (χ2n) is 6.13. The molecule has 2 atom stereocenters. The van der Waals surface area contributed by atoms with Gasteiger partial charge in [0.05, 0.1) is 0 Å². The Bertz CT molecular complexity index is 536. The van der Waals surface area contributed by atoms with E-state index in [1.54, 1.807) is 5.48 Å². The SMILES string of the molecule is Cl.NC1CC1c1ccc(NC(=O)CCCCCCC(=O)NO)cc1. The first-order valence-corrected chi connectivity index (χ1v) is 8.18. The van der Waals surface area contributed by atoms with Crippen LogP contribution in [-0.4, -0.2) is 23.1 Å². The van der Waals surface area contributed by atoms with Gasteiger partial charge in [-0.05, 0) is 37.0 Å². The highest BCUT2D eigenvalue weighted by Crippen LogP contribution is 2.39. The second kappa shape index (κ2) is 10.3. The van der Waals surface area contributed by atoms with Gasteiger partial charge in [0.15, 0.2) is 0 Å². The Hall–Kier alpha value is -1.63. The first kappa shape index (κ1) is 20.4. The van der Waals surface area contributed by atoms with E-state index in [4.69, 9.17) is 10.9 Å². The molecule has 24 heavy (non-hydrogen) atoms. The van der Waals surface area contributed by atoms with Crippen molar-refractivity contribution in [1.29, 1.82) is 0 Å². The number of unbranched alkanes of at least 4 members (excludes halogenated alkanes) is 3. The maximum absolute atomic E-state index is 11.9. The van der Waals surface area contributed by atoms with Crippen molar-refractivity contribution in [2.75, 3.05) is 5.32 Å². The predicted molar refractivity (Wildman–Crippen MR) is 95.3 cm³/mol. The monoisotopic (exact) mass is 355 g/mol. The van der Waals surface area contributed by atoms with Gasteiger partial charge in [-0.15, -0.1) is 12.4 Å². The van der Waals surface area contributed by atoms with Gasteiger partial charge in [-0.25, -0.2) is 5.48 Å². The summed E-state index contributed by atoms with van der Waals surface area (Å²) < 4.78 is 0. The smallest absolute Gasteiger partial charge is 0.243 e. The van der Waals surface area contributed by atoms with Crippen LogP contribution in [0.25, 0.3) is 0 Å². The Morgan fingerprint density at radius 2 is 1.58 bits per heavy atom. The molecule has 1 aromatic carbocycles. The van der Waals surface area contributed by atoms with E-state index >= 15 is 0 Å². The van der Waals surface area contributed by atoms with Crippen LogP contribution in [0.4, 0.5) is 5.69 Å². The Morgan fingerprint density at radius 1 is 1.04 bits per heavy atom. The minimum atomic E-state index is -0.363. The molecule has 1 saturated carbocycles. The summed E-state index contributed by atoms with van der Waals surface area (Å²) in [6.07, 6.45) is 5.12. The average Bonchev–Trinajstić information content (AvgIpc) is 3.28. The molecule has 1 aliphatic carbocycles. The molecular formula is C17H26ClN3O3. The van der Waals surface area contributed by atoms with E-state index < -0.39 is 0 Å². The van der Waals surface area contributed by atoms with Gasteiger partial charge >= 0.3 is 0 Å². The number of hydrogen-bond acceptors (Lipinski definition) is 4. The maximum atomic E-state index is 11.9. The summed E-state index contributed by atoms with van der Waals surface area (Å²) in [5.41, 5.74) is 9.49. The molecule has 1 fully saturated rings. The summed E-state index contributed by atoms with van der Waals surface area (Å²) in [7, 11) is 0. The molecule has 6 nitrogen and oxygen atoms in total. The topological polar surface area (TPSA) is 104 Å². The number of anilines is 1. The van der Waals surface area contributed by atoms with E-state index in [0.29, 0.717) is 24.8 Å². The number of nitrogens with one attached hydrogen (secondary N) is 2. The number of hydrogen-bond donors (Lipinski definition) is 4. The fourth-order valence-corrected chi connectivity index (χ4v) is 2.62. The quantitative estimate of drug-likeness (QED) is 0.310. The van der Waals surface area contributed by atoms with Gasteiger partial charge < -0.3 is 11.1 Å². The standard InChI is InChI=1S/C17H25N3O3.ClH/c18-15-11-14(15)12-7-9-13(10-8-12)19-16(21)5-3-1-2-4-6-17(22)20-23;/h7-10,14-15,23H,1-6,11,18H2,(H,19,21)(H,20,22);1H. The van der Waals surface area contributed by atoms with Crippen LogP contribution in [0.3, 0.4) is 0 Å². The summed E-state index contributed by atoms with van der Waals surface area (Å²) in [5.74, 6) is 0.125. The molecule has 1 aliphatic rings. The van der Waals surface area contributed by atoms with E-state index in [9.17, 15) is 9.59 Å². The lowest BCUT2D eigenvalue weighted by Gasteiger charge is -2.06. The summed E-state index contributed by atoms with van der Waals surface area (Å²) in [5, 5.41) is 11.2. The molecule has 5 N–H and O–H groups in total. The van der Waals surface area contributed by atoms with Crippen LogP contribution >= 0.6 is 12.4 Å². The molecule has 0 bridgehead atoms. The van der Waals surface area contributed by atoms with Crippen molar-refractivity contribution in [1.82, 2.24) is 5.48 Å². The Morgan fingerprint density at radius 3 is 2.08 bits per heavy atom. The molecule has 2 unspecified atom stereocenters. The predicted octanol–water partition coefficient (Wildman–Crippen LogP) is 2.71. The molecule has 0 radical (unpaired) electrons. The number of carbonyl (C=O) groups excluding carboxylic acids is 2. The van der Waals surface area contributed by atoms with Crippen molar-refractivity contribution < 1.29 is 14.8 Å². The third kappa shape index (κ3) is 6.86. The van der Waals surface area contributed by atoms with Crippen LogP contribution in [0.1, 0.15) is 56.4 Å². The van der Waals surface area contributed by atoms with Crippen LogP contribution in [0, 0.1) is 0 Å². The summed E-state index contributed by atoms with van der Waals surface area (Å²) in [6, 6.07) is 8.19. The maximum Gasteiger partial charge on any atom is 0.243 e. The molecule has 0 aromatic heterocycles. The number of hydroxylamine groups is 1. The van der Waals surface area contributed by atoms with Gasteiger partial charge in [-0.2, -0.15) is 0 Å². The van der Waals surface area contributed by atoms with Gasteiger partial charge in [0.25, 0.3) is 0 Å². The zero-order valence-electron chi connectivity index (χ0n) is 13.7. The molecule has 2 rings (SSSR count). The zero-order valence-corrected chi connectivity index (χ0v) is 14.5. The average molecular weight is 356 g/mol. The molecule has 7 heteroatoms. The number of rotatable bonds is 9. The van der Waals surface area contributed by atoms with Crippen LogP contribution in [-0.2, 0) is 9.59 Å². The van der Waals surface area contributed by atoms with Crippen molar-refractivity contribution in [3.63, 3.8) is 0 Å². The molecular weight excluding hydrogens is 330 g/mol. The van der Waals surface area contributed by atoms with Gasteiger partial charge in [0, 0.05) is 30.5 Å². The van der Waals surface area contributed by atoms with E-state index in [2.05, 4.69) is 5.32 Å². The molecule has 0 spiro atoms. The molecule has 0 aliphatic heterocycles. The molecule has 0 saturated heterocycles. The second-order valence-corrected chi connectivity index (χ2v) is 6.13. The molecule has 1 aromatic rings. The number of benzene rings is 1. The number of nitrogens with two attached hydrogens (primary N) is 1. The fraction of sp³-hybridized carbons (Fsp3) is 0.529. The van der Waals surface area contributed by atoms with E-state index in [0.717, 1.165) is 37.8 Å². The fourth-order valence-electron chi connectivity index (χ4n) is 2.62.